The van der Waals surface area contributed by atoms with Gasteiger partial charge in [0.05, 0.1) is 15.6 Å². The Morgan fingerprint density at radius 2 is 1.91 bits per heavy atom. The molecule has 4 rings (SSSR count). The summed E-state index contributed by atoms with van der Waals surface area (Å²) < 4.78 is 5.44. The number of carbonyl (C=O) groups is 2. The molecule has 2 amide bonds. The molecule has 2 heterocycles. The van der Waals surface area contributed by atoms with Crippen LogP contribution in [0.4, 0.5) is 5.69 Å². The molecular weight excluding hydrogens is 458 g/mol. The fourth-order valence-electron chi connectivity index (χ4n) is 3.33. The molecule has 8 heteroatoms. The Hall–Kier alpha value is -3.42. The lowest BCUT2D eigenvalue weighted by molar-refractivity contribution is 0.0792. The summed E-state index contributed by atoms with van der Waals surface area (Å²) in [5.74, 6) is 0.368. The minimum absolute atomic E-state index is 0.152. The van der Waals surface area contributed by atoms with Crippen LogP contribution in [0, 0.1) is 0 Å². The number of halogens is 1. The van der Waals surface area contributed by atoms with Crippen molar-refractivity contribution in [3.63, 3.8) is 0 Å². The highest BCUT2D eigenvalue weighted by Gasteiger charge is 2.16. The smallest absolute Gasteiger partial charge is 0.265 e. The van der Waals surface area contributed by atoms with E-state index in [1.165, 1.54) is 11.3 Å². The lowest BCUT2D eigenvalue weighted by atomic mass is 10.1. The summed E-state index contributed by atoms with van der Waals surface area (Å²) in [5, 5.41) is 9.10. The van der Waals surface area contributed by atoms with Gasteiger partial charge in [0.15, 0.2) is 0 Å². The van der Waals surface area contributed by atoms with Crippen molar-refractivity contribution < 1.29 is 14.1 Å². The van der Waals surface area contributed by atoms with E-state index in [9.17, 15) is 9.59 Å². The molecule has 6 nitrogen and oxygen atoms in total. The largest absolute Gasteiger partial charge is 0.361 e. The summed E-state index contributed by atoms with van der Waals surface area (Å²) in [6.07, 6.45) is 1.39. The van der Waals surface area contributed by atoms with E-state index in [0.717, 1.165) is 23.4 Å². The van der Waals surface area contributed by atoms with Crippen LogP contribution in [-0.4, -0.2) is 35.5 Å². The van der Waals surface area contributed by atoms with Crippen LogP contribution in [-0.2, 0) is 6.42 Å². The van der Waals surface area contributed by atoms with Crippen LogP contribution in [0.3, 0.4) is 0 Å². The lowest BCUT2D eigenvalue weighted by Crippen LogP contribution is -2.28. The van der Waals surface area contributed by atoms with Crippen molar-refractivity contribution in [3.05, 3.63) is 93.3 Å². The highest BCUT2D eigenvalue weighted by atomic mass is 35.5. The number of rotatable bonds is 8. The molecule has 2 aromatic heterocycles. The fourth-order valence-corrected chi connectivity index (χ4v) is 4.12. The number of amides is 2. The van der Waals surface area contributed by atoms with Gasteiger partial charge in [0.1, 0.15) is 11.5 Å². The predicted octanol–water partition coefficient (Wildman–Crippen LogP) is 6.01. The molecular formula is C25H22ClN3O3S. The first-order valence-electron chi connectivity index (χ1n) is 10.4. The second-order valence-corrected chi connectivity index (χ2v) is 8.86. The summed E-state index contributed by atoms with van der Waals surface area (Å²) in [6, 6.07) is 20.2. The number of nitrogens with zero attached hydrogens (tertiary/aromatic N) is 2. The zero-order valence-corrected chi connectivity index (χ0v) is 19.5. The van der Waals surface area contributed by atoms with E-state index < -0.39 is 0 Å². The second-order valence-electron chi connectivity index (χ2n) is 7.50. The highest BCUT2D eigenvalue weighted by molar-refractivity contribution is 7.12. The van der Waals surface area contributed by atoms with Crippen LogP contribution in [0.25, 0.3) is 11.3 Å². The average molecular weight is 480 g/mol. The van der Waals surface area contributed by atoms with Crippen molar-refractivity contribution in [2.45, 2.75) is 12.8 Å². The third-order valence-corrected chi connectivity index (χ3v) is 6.30. The highest BCUT2D eigenvalue weighted by Crippen LogP contribution is 2.25. The number of carbonyl (C=O) groups excluding carboxylic acids is 2. The summed E-state index contributed by atoms with van der Waals surface area (Å²) in [5.41, 5.74) is 2.66. The van der Waals surface area contributed by atoms with Crippen molar-refractivity contribution in [2.24, 2.45) is 0 Å². The van der Waals surface area contributed by atoms with Gasteiger partial charge in [-0.2, -0.15) is 0 Å². The molecule has 1 N–H and O–H groups in total. The first-order chi connectivity index (χ1) is 16.0. The number of thiophene rings is 1. The van der Waals surface area contributed by atoms with Crippen LogP contribution >= 0.6 is 22.9 Å². The first-order valence-corrected chi connectivity index (χ1v) is 11.7. The van der Waals surface area contributed by atoms with Gasteiger partial charge in [-0.25, -0.2) is 0 Å². The molecule has 168 valence electrons. The molecule has 2 aromatic carbocycles. The molecule has 0 spiro atoms. The number of benzene rings is 2. The molecule has 0 aliphatic heterocycles. The number of hydrogen-bond acceptors (Lipinski definition) is 5. The normalized spacial score (nSPS) is 10.7. The summed E-state index contributed by atoms with van der Waals surface area (Å²) in [6.45, 7) is 0.541. The van der Waals surface area contributed by atoms with Gasteiger partial charge in [-0.1, -0.05) is 53.2 Å². The van der Waals surface area contributed by atoms with Gasteiger partial charge in [0.25, 0.3) is 11.8 Å². The SMILES string of the molecule is CN(CCCc1cc(-c2ccccc2)no1)C(=O)c1ccc(Cl)c(NC(=O)c2cccs2)c1. The van der Waals surface area contributed by atoms with Crippen LogP contribution in [0.5, 0.6) is 0 Å². The van der Waals surface area contributed by atoms with E-state index in [4.69, 9.17) is 16.1 Å². The van der Waals surface area contributed by atoms with Gasteiger partial charge in [-0.15, -0.1) is 11.3 Å². The van der Waals surface area contributed by atoms with Crippen LogP contribution in [0.2, 0.25) is 5.02 Å². The quantitative estimate of drug-likeness (QED) is 0.335. The summed E-state index contributed by atoms with van der Waals surface area (Å²) in [4.78, 5) is 27.4. The van der Waals surface area contributed by atoms with E-state index in [2.05, 4.69) is 10.5 Å². The zero-order valence-electron chi connectivity index (χ0n) is 18.0. The maximum atomic E-state index is 12.9. The molecule has 0 aliphatic rings. The van der Waals surface area contributed by atoms with E-state index in [1.807, 2.05) is 41.8 Å². The van der Waals surface area contributed by atoms with Gasteiger partial charge >= 0.3 is 0 Å². The van der Waals surface area contributed by atoms with Gasteiger partial charge in [0, 0.05) is 37.2 Å². The number of hydrogen-bond donors (Lipinski definition) is 1. The maximum absolute atomic E-state index is 12.9. The van der Waals surface area contributed by atoms with Crippen molar-refractivity contribution in [1.82, 2.24) is 10.1 Å². The Morgan fingerprint density at radius 3 is 2.67 bits per heavy atom. The topological polar surface area (TPSA) is 75.4 Å². The van der Waals surface area contributed by atoms with Gasteiger partial charge in [-0.05, 0) is 36.1 Å². The number of aryl methyl sites for hydroxylation is 1. The molecule has 0 radical (unpaired) electrons. The Bertz CT molecular complexity index is 1240. The first kappa shape index (κ1) is 22.8. The van der Waals surface area contributed by atoms with Gasteiger partial charge in [-0.3, -0.25) is 9.59 Å². The molecule has 0 bridgehead atoms. The average Bonchev–Trinajstić information content (AvgIpc) is 3.53. The van der Waals surface area contributed by atoms with E-state index >= 15 is 0 Å². The van der Waals surface area contributed by atoms with Crippen LogP contribution in [0.15, 0.2) is 76.6 Å². The van der Waals surface area contributed by atoms with Gasteiger partial charge < -0.3 is 14.7 Å². The molecule has 4 aromatic rings. The third kappa shape index (κ3) is 5.69. The van der Waals surface area contributed by atoms with Crippen molar-refractivity contribution >= 4 is 40.4 Å². The van der Waals surface area contributed by atoms with E-state index in [0.29, 0.717) is 34.1 Å². The number of aromatic nitrogens is 1. The predicted molar refractivity (Wildman–Crippen MR) is 131 cm³/mol. The van der Waals surface area contributed by atoms with Crippen molar-refractivity contribution in [1.29, 1.82) is 0 Å². The molecule has 0 aliphatic carbocycles. The standard InChI is InChI=1S/C25H22ClN3O3S/c1-29(13-5-9-19-16-21(28-32-19)17-7-3-2-4-8-17)25(31)18-11-12-20(26)22(15-18)27-24(30)23-10-6-14-33-23/h2-4,6-8,10-12,14-16H,5,9,13H2,1H3,(H,27,30). The minimum Gasteiger partial charge on any atom is -0.361 e. The minimum atomic E-state index is -0.258. The summed E-state index contributed by atoms with van der Waals surface area (Å²) in [7, 11) is 1.75. The second kappa shape index (κ2) is 10.5. The van der Waals surface area contributed by atoms with Crippen LogP contribution in [0.1, 0.15) is 32.2 Å². The Labute approximate surface area is 200 Å². The van der Waals surface area contributed by atoms with Crippen molar-refractivity contribution in [3.8, 4) is 11.3 Å². The monoisotopic (exact) mass is 479 g/mol. The molecule has 33 heavy (non-hydrogen) atoms. The van der Waals surface area contributed by atoms with Crippen molar-refractivity contribution in [2.75, 3.05) is 18.9 Å². The number of anilines is 1. The Morgan fingerprint density at radius 1 is 1.09 bits per heavy atom. The Balaban J connectivity index is 1.33. The molecule has 0 saturated carbocycles. The molecule has 0 unspecified atom stereocenters. The third-order valence-electron chi connectivity index (χ3n) is 5.10. The molecule has 0 fully saturated rings. The zero-order chi connectivity index (χ0) is 23.2. The molecule has 0 saturated heterocycles. The van der Waals surface area contributed by atoms with E-state index in [1.54, 1.807) is 42.3 Å². The van der Waals surface area contributed by atoms with Gasteiger partial charge in [0.2, 0.25) is 0 Å². The lowest BCUT2D eigenvalue weighted by Gasteiger charge is -2.17. The van der Waals surface area contributed by atoms with E-state index in [-0.39, 0.29) is 11.8 Å². The Kier molecular flexibility index (Phi) is 7.22. The summed E-state index contributed by atoms with van der Waals surface area (Å²) >= 11 is 7.57. The molecule has 0 atom stereocenters. The van der Waals surface area contributed by atoms with Crippen LogP contribution < -0.4 is 5.32 Å². The maximum Gasteiger partial charge on any atom is 0.265 e. The number of nitrogens with one attached hydrogen (secondary N) is 1. The fraction of sp³-hybridized carbons (Fsp3) is 0.160.